The predicted octanol–water partition coefficient (Wildman–Crippen LogP) is 0.197. The predicted molar refractivity (Wildman–Crippen MR) is 69.9 cm³/mol. The molecule has 5 heteroatoms. The molecule has 0 aromatic rings. The Bertz CT molecular complexity index is 234. The van der Waals surface area contributed by atoms with Gasteiger partial charge >= 0.3 is 0 Å². The summed E-state index contributed by atoms with van der Waals surface area (Å²) in [6.45, 7) is 10.9. The van der Waals surface area contributed by atoms with Gasteiger partial charge in [-0.3, -0.25) is 9.69 Å². The van der Waals surface area contributed by atoms with Gasteiger partial charge in [0.2, 0.25) is 5.91 Å². The number of rotatable bonds is 9. The molecule has 0 aromatic carbocycles. The second-order valence-corrected chi connectivity index (χ2v) is 4.86. The van der Waals surface area contributed by atoms with Crippen molar-refractivity contribution in [1.82, 2.24) is 10.2 Å². The lowest BCUT2D eigenvalue weighted by Crippen LogP contribution is -2.61. The van der Waals surface area contributed by atoms with E-state index in [-0.39, 0.29) is 11.9 Å². The van der Waals surface area contributed by atoms with Gasteiger partial charge in [-0.25, -0.2) is 0 Å². The molecule has 0 spiro atoms. The normalized spacial score (nSPS) is 15.2. The van der Waals surface area contributed by atoms with Crippen LogP contribution in [-0.4, -0.2) is 55.7 Å². The van der Waals surface area contributed by atoms with Crippen LogP contribution < -0.4 is 11.1 Å². The maximum atomic E-state index is 11.6. The first-order chi connectivity index (χ1) is 7.85. The molecule has 0 aliphatic rings. The SMILES string of the molecule is CCN(CCOC)CC(C)(NC(C)C)C(N)=O. The van der Waals surface area contributed by atoms with Gasteiger partial charge in [-0.05, 0) is 27.3 Å². The highest BCUT2D eigenvalue weighted by Crippen LogP contribution is 2.08. The number of amides is 1. The molecule has 0 rings (SSSR count). The molecule has 5 nitrogen and oxygen atoms in total. The van der Waals surface area contributed by atoms with Gasteiger partial charge in [0.25, 0.3) is 0 Å². The summed E-state index contributed by atoms with van der Waals surface area (Å²) < 4.78 is 5.05. The van der Waals surface area contributed by atoms with Crippen molar-refractivity contribution in [1.29, 1.82) is 0 Å². The first kappa shape index (κ1) is 16.4. The van der Waals surface area contributed by atoms with Crippen LogP contribution >= 0.6 is 0 Å². The van der Waals surface area contributed by atoms with E-state index in [0.717, 1.165) is 13.1 Å². The standard InChI is InChI=1S/C12H27N3O2/c1-6-15(7-8-17-5)9-12(4,11(13)16)14-10(2)3/h10,14H,6-9H2,1-5H3,(H2,13,16). The van der Waals surface area contributed by atoms with Gasteiger partial charge in [-0.15, -0.1) is 0 Å². The summed E-state index contributed by atoms with van der Waals surface area (Å²) >= 11 is 0. The van der Waals surface area contributed by atoms with Crippen LogP contribution in [0.4, 0.5) is 0 Å². The maximum Gasteiger partial charge on any atom is 0.238 e. The van der Waals surface area contributed by atoms with Crippen molar-refractivity contribution in [2.75, 3.05) is 33.4 Å². The molecule has 0 bridgehead atoms. The second-order valence-electron chi connectivity index (χ2n) is 4.86. The Morgan fingerprint density at radius 2 is 2.12 bits per heavy atom. The van der Waals surface area contributed by atoms with Gasteiger partial charge in [0.1, 0.15) is 5.54 Å². The summed E-state index contributed by atoms with van der Waals surface area (Å²) in [6, 6.07) is 0.216. The number of carbonyl (C=O) groups is 1. The van der Waals surface area contributed by atoms with E-state index >= 15 is 0 Å². The summed E-state index contributed by atoms with van der Waals surface area (Å²) in [5.41, 5.74) is 4.80. The van der Waals surface area contributed by atoms with E-state index in [4.69, 9.17) is 10.5 Å². The first-order valence-electron chi connectivity index (χ1n) is 6.14. The third-order valence-corrected chi connectivity index (χ3v) is 2.75. The lowest BCUT2D eigenvalue weighted by Gasteiger charge is -2.35. The monoisotopic (exact) mass is 245 g/mol. The van der Waals surface area contributed by atoms with Crippen LogP contribution in [0.1, 0.15) is 27.7 Å². The lowest BCUT2D eigenvalue weighted by atomic mass is 9.99. The number of likely N-dealkylation sites (N-methyl/N-ethyl adjacent to an activating group) is 1. The average molecular weight is 245 g/mol. The number of ether oxygens (including phenoxy) is 1. The molecule has 0 aromatic heterocycles. The van der Waals surface area contributed by atoms with Crippen LogP contribution in [0.5, 0.6) is 0 Å². The number of hydrogen-bond acceptors (Lipinski definition) is 4. The number of carbonyl (C=O) groups excluding carboxylic acids is 1. The molecule has 0 saturated heterocycles. The first-order valence-corrected chi connectivity index (χ1v) is 6.14. The quantitative estimate of drug-likeness (QED) is 0.609. The molecule has 3 N–H and O–H groups in total. The Morgan fingerprint density at radius 1 is 1.53 bits per heavy atom. The van der Waals surface area contributed by atoms with E-state index in [1.54, 1.807) is 7.11 Å². The Hall–Kier alpha value is -0.650. The molecule has 0 fully saturated rings. The zero-order valence-electron chi connectivity index (χ0n) is 11.7. The van der Waals surface area contributed by atoms with Crippen molar-refractivity contribution >= 4 is 5.91 Å². The molecule has 0 radical (unpaired) electrons. The van der Waals surface area contributed by atoms with Crippen molar-refractivity contribution in [3.63, 3.8) is 0 Å². The number of nitrogens with zero attached hydrogens (tertiary/aromatic N) is 1. The number of nitrogens with two attached hydrogens (primary N) is 1. The van der Waals surface area contributed by atoms with Gasteiger partial charge in [0, 0.05) is 26.2 Å². The fraction of sp³-hybridized carbons (Fsp3) is 0.917. The van der Waals surface area contributed by atoms with Crippen LogP contribution in [0.2, 0.25) is 0 Å². The largest absolute Gasteiger partial charge is 0.383 e. The van der Waals surface area contributed by atoms with Crippen molar-refractivity contribution < 1.29 is 9.53 Å². The summed E-state index contributed by atoms with van der Waals surface area (Å²) in [7, 11) is 1.67. The highest BCUT2D eigenvalue weighted by Gasteiger charge is 2.33. The maximum absolute atomic E-state index is 11.6. The third kappa shape index (κ3) is 6.00. The Kier molecular flexibility index (Phi) is 7.34. The van der Waals surface area contributed by atoms with Gasteiger partial charge in [-0.2, -0.15) is 0 Å². The topological polar surface area (TPSA) is 67.6 Å². The Balaban J connectivity index is 4.54. The molecule has 1 unspecified atom stereocenters. The summed E-state index contributed by atoms with van der Waals surface area (Å²) in [6.07, 6.45) is 0. The van der Waals surface area contributed by atoms with Crippen molar-refractivity contribution in [3.05, 3.63) is 0 Å². The van der Waals surface area contributed by atoms with Crippen molar-refractivity contribution in [2.45, 2.75) is 39.3 Å². The second kappa shape index (κ2) is 7.63. The fourth-order valence-corrected chi connectivity index (χ4v) is 1.85. The minimum absolute atomic E-state index is 0.216. The molecule has 102 valence electrons. The highest BCUT2D eigenvalue weighted by atomic mass is 16.5. The zero-order chi connectivity index (χ0) is 13.5. The van der Waals surface area contributed by atoms with Crippen LogP contribution in [0.15, 0.2) is 0 Å². The van der Waals surface area contributed by atoms with E-state index in [0.29, 0.717) is 13.2 Å². The molecule has 17 heavy (non-hydrogen) atoms. The van der Waals surface area contributed by atoms with Crippen LogP contribution in [-0.2, 0) is 9.53 Å². The number of methoxy groups -OCH3 is 1. The molecular weight excluding hydrogens is 218 g/mol. The molecule has 0 aliphatic heterocycles. The van der Waals surface area contributed by atoms with E-state index in [2.05, 4.69) is 17.1 Å². The average Bonchev–Trinajstić information content (AvgIpc) is 2.22. The summed E-state index contributed by atoms with van der Waals surface area (Å²) in [4.78, 5) is 13.7. The van der Waals surface area contributed by atoms with Crippen molar-refractivity contribution in [2.24, 2.45) is 5.73 Å². The molecule has 1 amide bonds. The fourth-order valence-electron chi connectivity index (χ4n) is 1.85. The number of primary amides is 1. The Morgan fingerprint density at radius 3 is 2.47 bits per heavy atom. The van der Waals surface area contributed by atoms with E-state index < -0.39 is 5.54 Å². The molecule has 0 saturated carbocycles. The minimum Gasteiger partial charge on any atom is -0.383 e. The zero-order valence-corrected chi connectivity index (χ0v) is 11.7. The van der Waals surface area contributed by atoms with Gasteiger partial charge in [0.05, 0.1) is 6.61 Å². The minimum atomic E-state index is -0.697. The number of hydrogen-bond donors (Lipinski definition) is 2. The van der Waals surface area contributed by atoms with Crippen LogP contribution in [0.25, 0.3) is 0 Å². The van der Waals surface area contributed by atoms with Gasteiger partial charge in [0.15, 0.2) is 0 Å². The summed E-state index contributed by atoms with van der Waals surface area (Å²) in [5, 5.41) is 3.24. The van der Waals surface area contributed by atoms with E-state index in [1.165, 1.54) is 0 Å². The lowest BCUT2D eigenvalue weighted by molar-refractivity contribution is -0.125. The molecular formula is C12H27N3O2. The smallest absolute Gasteiger partial charge is 0.238 e. The van der Waals surface area contributed by atoms with E-state index in [9.17, 15) is 4.79 Å². The van der Waals surface area contributed by atoms with E-state index in [1.807, 2.05) is 20.8 Å². The van der Waals surface area contributed by atoms with Crippen LogP contribution in [0.3, 0.4) is 0 Å². The third-order valence-electron chi connectivity index (χ3n) is 2.75. The van der Waals surface area contributed by atoms with Crippen LogP contribution in [0, 0.1) is 0 Å². The number of nitrogens with one attached hydrogen (secondary N) is 1. The van der Waals surface area contributed by atoms with Crippen molar-refractivity contribution in [3.8, 4) is 0 Å². The molecule has 0 heterocycles. The molecule has 0 aliphatic carbocycles. The van der Waals surface area contributed by atoms with Gasteiger partial charge < -0.3 is 15.8 Å². The Labute approximate surface area is 105 Å². The van der Waals surface area contributed by atoms with Gasteiger partial charge in [-0.1, -0.05) is 6.92 Å². The molecule has 1 atom stereocenters. The highest BCUT2D eigenvalue weighted by molar-refractivity contribution is 5.84. The summed E-state index contributed by atoms with van der Waals surface area (Å²) in [5.74, 6) is -0.318.